The monoisotopic (exact) mass is 274 g/mol. The summed E-state index contributed by atoms with van der Waals surface area (Å²) >= 11 is 0. The van der Waals surface area contributed by atoms with Crippen LogP contribution in [-0.4, -0.2) is 30.1 Å². The second kappa shape index (κ2) is 7.44. The molecular formula is C17H26N2O. The van der Waals surface area contributed by atoms with Crippen LogP contribution in [0.5, 0.6) is 0 Å². The maximum absolute atomic E-state index is 12.3. The number of carbonyl (C=O) groups excluding carboxylic acids is 1. The van der Waals surface area contributed by atoms with E-state index in [0.29, 0.717) is 6.67 Å². The highest BCUT2D eigenvalue weighted by Gasteiger charge is 2.30. The van der Waals surface area contributed by atoms with Crippen molar-refractivity contribution in [3.63, 3.8) is 0 Å². The van der Waals surface area contributed by atoms with Crippen LogP contribution in [-0.2, 0) is 11.2 Å². The summed E-state index contributed by atoms with van der Waals surface area (Å²) in [4.78, 5) is 14.3. The van der Waals surface area contributed by atoms with Crippen molar-refractivity contribution in [3.8, 4) is 0 Å². The van der Waals surface area contributed by atoms with E-state index in [2.05, 4.69) is 31.3 Å². The first kappa shape index (κ1) is 15.0. The highest BCUT2D eigenvalue weighted by molar-refractivity contribution is 5.84. The van der Waals surface area contributed by atoms with Gasteiger partial charge in [-0.25, -0.2) is 0 Å². The lowest BCUT2D eigenvalue weighted by Gasteiger charge is -2.15. The molecular weight excluding hydrogens is 248 g/mol. The summed E-state index contributed by atoms with van der Waals surface area (Å²) in [5.41, 5.74) is 1.22. The van der Waals surface area contributed by atoms with Gasteiger partial charge in [-0.1, -0.05) is 57.0 Å². The zero-order chi connectivity index (χ0) is 14.4. The van der Waals surface area contributed by atoms with Crippen LogP contribution in [0.2, 0.25) is 0 Å². The summed E-state index contributed by atoms with van der Waals surface area (Å²) in [6, 6.07) is 10.2. The number of unbranched alkanes of at least 4 members (excludes halogenated alkanes) is 1. The smallest absolute Gasteiger partial charge is 0.241 e. The Hall–Kier alpha value is -1.35. The van der Waals surface area contributed by atoms with E-state index < -0.39 is 0 Å². The normalized spacial score (nSPS) is 19.1. The largest absolute Gasteiger partial charge is 0.329 e. The fraction of sp³-hybridized carbons (Fsp3) is 0.588. The topological polar surface area (TPSA) is 32.3 Å². The number of benzene rings is 1. The average Bonchev–Trinajstić information content (AvgIpc) is 2.77. The Balaban J connectivity index is 1.75. The van der Waals surface area contributed by atoms with E-state index in [4.69, 9.17) is 0 Å². The first-order valence-corrected chi connectivity index (χ1v) is 7.73. The number of nitrogens with one attached hydrogen (secondary N) is 1. The molecule has 110 valence electrons. The predicted octanol–water partition coefficient (Wildman–Crippen LogP) is 2.81. The third-order valence-corrected chi connectivity index (χ3v) is 3.88. The van der Waals surface area contributed by atoms with Crippen LogP contribution in [0.15, 0.2) is 30.3 Å². The molecule has 1 atom stereocenters. The maximum atomic E-state index is 12.3. The minimum absolute atomic E-state index is 0.0394. The number of rotatable bonds is 7. The maximum Gasteiger partial charge on any atom is 0.241 e. The van der Waals surface area contributed by atoms with Crippen LogP contribution in [0, 0.1) is 5.92 Å². The highest BCUT2D eigenvalue weighted by Crippen LogP contribution is 2.12. The minimum atomic E-state index is -0.0394. The molecule has 3 heteroatoms. The molecule has 0 saturated carbocycles. The molecule has 1 aliphatic rings. The molecule has 1 fully saturated rings. The molecule has 0 bridgehead atoms. The second-order valence-electron chi connectivity index (χ2n) is 6.10. The van der Waals surface area contributed by atoms with E-state index in [0.717, 1.165) is 25.3 Å². The number of amides is 1. The van der Waals surface area contributed by atoms with Gasteiger partial charge in [0.15, 0.2) is 0 Å². The molecule has 1 heterocycles. The van der Waals surface area contributed by atoms with Gasteiger partial charge in [0.25, 0.3) is 0 Å². The molecule has 1 unspecified atom stereocenters. The molecule has 3 nitrogen and oxygen atoms in total. The molecule has 1 amide bonds. The molecule has 20 heavy (non-hydrogen) atoms. The van der Waals surface area contributed by atoms with Gasteiger partial charge in [0, 0.05) is 6.54 Å². The Morgan fingerprint density at radius 1 is 1.25 bits per heavy atom. The predicted molar refractivity (Wildman–Crippen MR) is 82.3 cm³/mol. The summed E-state index contributed by atoms with van der Waals surface area (Å²) in [6.45, 7) is 6.10. The first-order valence-electron chi connectivity index (χ1n) is 7.73. The van der Waals surface area contributed by atoms with Crippen LogP contribution < -0.4 is 5.32 Å². The quantitative estimate of drug-likeness (QED) is 0.775. The van der Waals surface area contributed by atoms with Gasteiger partial charge in [-0.15, -0.1) is 0 Å². The summed E-state index contributed by atoms with van der Waals surface area (Å²) in [7, 11) is 0. The van der Waals surface area contributed by atoms with Crippen molar-refractivity contribution in [2.45, 2.75) is 45.6 Å². The second-order valence-corrected chi connectivity index (χ2v) is 6.10. The van der Waals surface area contributed by atoms with Crippen molar-refractivity contribution in [1.29, 1.82) is 0 Å². The summed E-state index contributed by atoms with van der Waals surface area (Å²) in [5, 5.41) is 3.33. The van der Waals surface area contributed by atoms with Gasteiger partial charge in [-0.3, -0.25) is 10.1 Å². The number of nitrogens with zero attached hydrogens (tertiary/aromatic N) is 1. The molecule has 0 aliphatic carbocycles. The minimum Gasteiger partial charge on any atom is -0.329 e. The van der Waals surface area contributed by atoms with E-state index in [9.17, 15) is 4.79 Å². The summed E-state index contributed by atoms with van der Waals surface area (Å²) in [6.07, 6.45) is 4.37. The standard InChI is InChI=1S/C17H26N2O/c1-14(2)8-6-7-11-19-13-18-16(17(19)20)12-15-9-4-3-5-10-15/h3-5,9-10,14,16,18H,6-8,11-13H2,1-2H3. The van der Waals surface area contributed by atoms with E-state index >= 15 is 0 Å². The molecule has 1 aromatic rings. The van der Waals surface area contributed by atoms with Gasteiger partial charge >= 0.3 is 0 Å². The lowest BCUT2D eigenvalue weighted by atomic mass is 10.1. The van der Waals surface area contributed by atoms with Crippen LogP contribution in [0.1, 0.15) is 38.7 Å². The fourth-order valence-corrected chi connectivity index (χ4v) is 2.66. The van der Waals surface area contributed by atoms with Gasteiger partial charge in [-0.2, -0.15) is 0 Å². The molecule has 1 aromatic carbocycles. The molecule has 1 N–H and O–H groups in total. The lowest BCUT2D eigenvalue weighted by Crippen LogP contribution is -2.32. The number of hydrogen-bond donors (Lipinski definition) is 1. The van der Waals surface area contributed by atoms with Crippen molar-refractivity contribution in [1.82, 2.24) is 10.2 Å². The van der Waals surface area contributed by atoms with Gasteiger partial charge in [0.05, 0.1) is 12.7 Å². The van der Waals surface area contributed by atoms with Crippen molar-refractivity contribution in [2.75, 3.05) is 13.2 Å². The summed E-state index contributed by atoms with van der Waals surface area (Å²) < 4.78 is 0. The molecule has 0 radical (unpaired) electrons. The van der Waals surface area contributed by atoms with E-state index in [1.165, 1.54) is 18.4 Å². The van der Waals surface area contributed by atoms with Gasteiger partial charge in [0.1, 0.15) is 0 Å². The third-order valence-electron chi connectivity index (χ3n) is 3.88. The number of carbonyl (C=O) groups is 1. The molecule has 2 rings (SSSR count). The van der Waals surface area contributed by atoms with Gasteiger partial charge in [-0.05, 0) is 24.3 Å². The van der Waals surface area contributed by atoms with Crippen molar-refractivity contribution in [3.05, 3.63) is 35.9 Å². The molecule has 0 aromatic heterocycles. The van der Waals surface area contributed by atoms with Crippen LogP contribution >= 0.6 is 0 Å². The molecule has 0 spiro atoms. The number of hydrogen-bond acceptors (Lipinski definition) is 2. The van der Waals surface area contributed by atoms with Gasteiger partial charge in [0.2, 0.25) is 5.91 Å². The first-order chi connectivity index (χ1) is 9.66. The Labute approximate surface area is 122 Å². The highest BCUT2D eigenvalue weighted by atomic mass is 16.2. The zero-order valence-corrected chi connectivity index (χ0v) is 12.6. The van der Waals surface area contributed by atoms with E-state index in [-0.39, 0.29) is 11.9 Å². The van der Waals surface area contributed by atoms with E-state index in [1.807, 2.05) is 23.1 Å². The lowest BCUT2D eigenvalue weighted by molar-refractivity contribution is -0.128. The van der Waals surface area contributed by atoms with Crippen molar-refractivity contribution in [2.24, 2.45) is 5.92 Å². The van der Waals surface area contributed by atoms with Crippen LogP contribution in [0.4, 0.5) is 0 Å². The van der Waals surface area contributed by atoms with Crippen molar-refractivity contribution < 1.29 is 4.79 Å². The Morgan fingerprint density at radius 3 is 2.70 bits per heavy atom. The Morgan fingerprint density at radius 2 is 2.00 bits per heavy atom. The Kier molecular flexibility index (Phi) is 5.60. The average molecular weight is 274 g/mol. The fourth-order valence-electron chi connectivity index (χ4n) is 2.66. The van der Waals surface area contributed by atoms with Crippen molar-refractivity contribution >= 4 is 5.91 Å². The third kappa shape index (κ3) is 4.34. The zero-order valence-electron chi connectivity index (χ0n) is 12.6. The van der Waals surface area contributed by atoms with Crippen LogP contribution in [0.3, 0.4) is 0 Å². The SMILES string of the molecule is CC(C)CCCCN1CNC(Cc2ccccc2)C1=O. The molecule has 1 saturated heterocycles. The Bertz CT molecular complexity index is 416. The van der Waals surface area contributed by atoms with E-state index in [1.54, 1.807) is 0 Å². The molecule has 1 aliphatic heterocycles. The van der Waals surface area contributed by atoms with Gasteiger partial charge < -0.3 is 4.90 Å². The van der Waals surface area contributed by atoms with Crippen LogP contribution in [0.25, 0.3) is 0 Å². The summed E-state index contributed by atoms with van der Waals surface area (Å²) in [5.74, 6) is 1.02.